The van der Waals surface area contributed by atoms with Gasteiger partial charge in [-0.05, 0) is 49.2 Å². The molecule has 7 nitrogen and oxygen atoms in total. The van der Waals surface area contributed by atoms with Crippen molar-refractivity contribution >= 4 is 17.5 Å². The number of aryl methyl sites for hydroxylation is 1. The largest absolute Gasteiger partial charge is 0.466 e. The normalized spacial score (nSPS) is 20.1. The van der Waals surface area contributed by atoms with E-state index >= 15 is 0 Å². The van der Waals surface area contributed by atoms with Gasteiger partial charge in [-0.25, -0.2) is 0 Å². The van der Waals surface area contributed by atoms with E-state index in [1.54, 1.807) is 25.2 Å². The number of hydrogen-bond donors (Lipinski definition) is 1. The topological polar surface area (TPSA) is 77.1 Å². The Morgan fingerprint density at radius 1 is 1.15 bits per heavy atom. The summed E-state index contributed by atoms with van der Waals surface area (Å²) in [6.07, 6.45) is 0. The van der Waals surface area contributed by atoms with E-state index in [4.69, 9.17) is 14.2 Å². The Labute approximate surface area is 156 Å². The number of fused-ring (bicyclic) bond motifs is 2. The van der Waals surface area contributed by atoms with Crippen LogP contribution in [-0.4, -0.2) is 31.3 Å². The summed E-state index contributed by atoms with van der Waals surface area (Å²) < 4.78 is 16.5. The van der Waals surface area contributed by atoms with Crippen LogP contribution in [0.25, 0.3) is 0 Å². The van der Waals surface area contributed by atoms with Crippen LogP contribution in [0.3, 0.4) is 0 Å². The summed E-state index contributed by atoms with van der Waals surface area (Å²) in [6, 6.07) is 10.9. The molecule has 0 radical (unpaired) electrons. The Bertz CT molecular complexity index is 942. The molecular formula is C20H20N2O5. The predicted molar refractivity (Wildman–Crippen MR) is 98.0 cm³/mol. The van der Waals surface area contributed by atoms with E-state index in [2.05, 4.69) is 5.32 Å². The Morgan fingerprint density at radius 3 is 2.70 bits per heavy atom. The fourth-order valence-electron chi connectivity index (χ4n) is 3.21. The molecule has 0 saturated carbocycles. The first kappa shape index (κ1) is 17.2. The van der Waals surface area contributed by atoms with Crippen molar-refractivity contribution in [3.63, 3.8) is 0 Å². The Hall–Kier alpha value is -3.22. The molecule has 0 saturated heterocycles. The molecule has 2 aliphatic heterocycles. The van der Waals surface area contributed by atoms with E-state index in [1.165, 1.54) is 11.8 Å². The highest BCUT2D eigenvalue weighted by atomic mass is 16.7. The Balaban J connectivity index is 1.52. The fourth-order valence-corrected chi connectivity index (χ4v) is 3.21. The van der Waals surface area contributed by atoms with Gasteiger partial charge in [-0.1, -0.05) is 12.1 Å². The number of amides is 2. The van der Waals surface area contributed by atoms with E-state index in [-0.39, 0.29) is 13.3 Å². The van der Waals surface area contributed by atoms with Crippen molar-refractivity contribution in [2.24, 2.45) is 0 Å². The summed E-state index contributed by atoms with van der Waals surface area (Å²) >= 11 is 0. The van der Waals surface area contributed by atoms with Crippen molar-refractivity contribution in [3.05, 3.63) is 47.5 Å². The van der Waals surface area contributed by atoms with Gasteiger partial charge in [0.25, 0.3) is 17.4 Å². The Morgan fingerprint density at radius 2 is 1.89 bits per heavy atom. The molecule has 2 amide bonds. The number of nitrogens with zero attached hydrogens (tertiary/aromatic N) is 1. The summed E-state index contributed by atoms with van der Waals surface area (Å²) in [5.41, 5.74) is 0.866. The Kier molecular flexibility index (Phi) is 3.95. The number of hydrogen-bond acceptors (Lipinski definition) is 5. The van der Waals surface area contributed by atoms with Crippen LogP contribution in [-0.2, 0) is 16.1 Å². The highest BCUT2D eigenvalue weighted by Gasteiger charge is 2.49. The average Bonchev–Trinajstić information content (AvgIpc) is 3.13. The molecule has 0 aliphatic carbocycles. The van der Waals surface area contributed by atoms with Gasteiger partial charge in [0.1, 0.15) is 5.75 Å². The number of anilines is 1. The lowest BCUT2D eigenvalue weighted by atomic mass is 9.99. The van der Waals surface area contributed by atoms with Crippen molar-refractivity contribution in [1.82, 2.24) is 5.32 Å². The number of benzene rings is 2. The molecule has 0 bridgehead atoms. The monoisotopic (exact) mass is 368 g/mol. The van der Waals surface area contributed by atoms with Crippen LogP contribution in [0.4, 0.5) is 5.69 Å². The third-order valence-corrected chi connectivity index (χ3v) is 4.83. The van der Waals surface area contributed by atoms with Gasteiger partial charge in [-0.15, -0.1) is 0 Å². The van der Waals surface area contributed by atoms with Crippen molar-refractivity contribution in [3.8, 4) is 17.2 Å². The molecule has 1 N–H and O–H groups in total. The summed E-state index contributed by atoms with van der Waals surface area (Å²) in [5.74, 6) is 0.911. The van der Waals surface area contributed by atoms with E-state index in [1.807, 2.05) is 25.1 Å². The molecular weight excluding hydrogens is 348 g/mol. The second-order valence-corrected chi connectivity index (χ2v) is 6.84. The van der Waals surface area contributed by atoms with Crippen molar-refractivity contribution in [2.45, 2.75) is 26.0 Å². The maximum atomic E-state index is 12.8. The van der Waals surface area contributed by atoms with E-state index in [0.717, 1.165) is 11.1 Å². The van der Waals surface area contributed by atoms with Crippen LogP contribution in [0.2, 0.25) is 0 Å². The van der Waals surface area contributed by atoms with E-state index in [9.17, 15) is 9.59 Å². The lowest BCUT2D eigenvalue weighted by Crippen LogP contribution is -2.61. The highest BCUT2D eigenvalue weighted by molar-refractivity contribution is 6.16. The zero-order chi connectivity index (χ0) is 19.2. The summed E-state index contributed by atoms with van der Waals surface area (Å²) in [7, 11) is 1.65. The SMILES string of the molecule is Cc1ccc2c(c1)N(C)C(=O)C(C)(C(=O)NCc1ccc3c(c1)OCO3)O2. The van der Waals surface area contributed by atoms with Crippen LogP contribution >= 0.6 is 0 Å². The lowest BCUT2D eigenvalue weighted by Gasteiger charge is -2.38. The van der Waals surface area contributed by atoms with Gasteiger partial charge < -0.3 is 24.4 Å². The number of nitrogens with one attached hydrogen (secondary N) is 1. The van der Waals surface area contributed by atoms with E-state index < -0.39 is 17.4 Å². The molecule has 1 unspecified atom stereocenters. The minimum atomic E-state index is -1.63. The first-order chi connectivity index (χ1) is 12.9. The second-order valence-electron chi connectivity index (χ2n) is 6.84. The summed E-state index contributed by atoms with van der Waals surface area (Å²) in [6.45, 7) is 3.86. The standard InChI is InChI=1S/C20H20N2O5/c1-12-4-6-15-14(8-12)22(3)19(24)20(2,27-15)18(23)21-10-13-5-7-16-17(9-13)26-11-25-16/h4-9H,10-11H2,1-3H3,(H,21,23). The molecule has 140 valence electrons. The minimum absolute atomic E-state index is 0.191. The van der Waals surface area contributed by atoms with Gasteiger partial charge in [0.2, 0.25) is 6.79 Å². The highest BCUT2D eigenvalue weighted by Crippen LogP contribution is 2.38. The van der Waals surface area contributed by atoms with E-state index in [0.29, 0.717) is 22.9 Å². The zero-order valence-electron chi connectivity index (χ0n) is 15.4. The third kappa shape index (κ3) is 2.85. The summed E-state index contributed by atoms with van der Waals surface area (Å²) in [5, 5.41) is 2.79. The van der Waals surface area contributed by atoms with Crippen molar-refractivity contribution in [2.75, 3.05) is 18.7 Å². The van der Waals surface area contributed by atoms with Gasteiger partial charge in [-0.3, -0.25) is 9.59 Å². The van der Waals surface area contributed by atoms with Gasteiger partial charge in [0, 0.05) is 13.6 Å². The first-order valence-corrected chi connectivity index (χ1v) is 8.63. The molecule has 2 heterocycles. The molecule has 7 heteroatoms. The predicted octanol–water partition coefficient (Wildman–Crippen LogP) is 2.15. The average molecular weight is 368 g/mol. The molecule has 4 rings (SSSR count). The molecule has 0 fully saturated rings. The van der Waals surface area contributed by atoms with Crippen LogP contribution in [0.5, 0.6) is 17.2 Å². The van der Waals surface area contributed by atoms with Gasteiger partial charge >= 0.3 is 0 Å². The van der Waals surface area contributed by atoms with Crippen LogP contribution in [0, 0.1) is 6.92 Å². The molecule has 2 aromatic carbocycles. The first-order valence-electron chi connectivity index (χ1n) is 8.63. The van der Waals surface area contributed by atoms with Crippen LogP contribution in [0.15, 0.2) is 36.4 Å². The molecule has 1 atom stereocenters. The van der Waals surface area contributed by atoms with Crippen molar-refractivity contribution in [1.29, 1.82) is 0 Å². The minimum Gasteiger partial charge on any atom is -0.466 e. The fraction of sp³-hybridized carbons (Fsp3) is 0.300. The van der Waals surface area contributed by atoms with Gasteiger partial charge in [0.05, 0.1) is 5.69 Å². The number of ether oxygens (including phenoxy) is 3. The molecule has 0 aromatic heterocycles. The number of carbonyl (C=O) groups excluding carboxylic acids is 2. The third-order valence-electron chi connectivity index (χ3n) is 4.83. The lowest BCUT2D eigenvalue weighted by molar-refractivity contribution is -0.148. The quantitative estimate of drug-likeness (QED) is 0.840. The zero-order valence-corrected chi connectivity index (χ0v) is 15.4. The van der Waals surface area contributed by atoms with Gasteiger partial charge in [-0.2, -0.15) is 0 Å². The molecule has 2 aromatic rings. The number of carbonyl (C=O) groups is 2. The smallest absolute Gasteiger partial charge is 0.280 e. The molecule has 0 spiro atoms. The molecule has 27 heavy (non-hydrogen) atoms. The molecule has 2 aliphatic rings. The van der Waals surface area contributed by atoms with Gasteiger partial charge in [0.15, 0.2) is 11.5 Å². The summed E-state index contributed by atoms with van der Waals surface area (Å²) in [4.78, 5) is 27.1. The van der Waals surface area contributed by atoms with Crippen LogP contribution < -0.4 is 24.4 Å². The number of rotatable bonds is 3. The number of likely N-dealkylation sites (N-methyl/N-ethyl adjacent to an activating group) is 1. The second kappa shape index (κ2) is 6.19. The maximum Gasteiger partial charge on any atom is 0.280 e. The maximum absolute atomic E-state index is 12.8. The van der Waals surface area contributed by atoms with Crippen LogP contribution in [0.1, 0.15) is 18.1 Å². The van der Waals surface area contributed by atoms with Crippen molar-refractivity contribution < 1.29 is 23.8 Å².